The van der Waals surface area contributed by atoms with E-state index in [0.717, 1.165) is 0 Å². The van der Waals surface area contributed by atoms with Crippen molar-refractivity contribution in [2.75, 3.05) is 5.73 Å². The molecule has 86 valence electrons. The molecule has 0 unspecified atom stereocenters. The second-order valence-electron chi connectivity index (χ2n) is 3.47. The Bertz CT molecular complexity index is 581. The lowest BCUT2D eigenvalue weighted by Gasteiger charge is -2.04. The van der Waals surface area contributed by atoms with E-state index in [4.69, 9.17) is 11.0 Å². The molecule has 6 heteroatoms. The third kappa shape index (κ3) is 2.45. The van der Waals surface area contributed by atoms with Crippen molar-refractivity contribution in [2.24, 2.45) is 0 Å². The van der Waals surface area contributed by atoms with Gasteiger partial charge in [-0.25, -0.2) is 4.39 Å². The number of anilines is 1. The first-order chi connectivity index (χ1) is 8.10. The Balaban J connectivity index is 2.35. The van der Waals surface area contributed by atoms with Crippen LogP contribution in [0.2, 0.25) is 0 Å². The first-order valence-corrected chi connectivity index (χ1v) is 5.56. The summed E-state index contributed by atoms with van der Waals surface area (Å²) < 4.78 is 15.3. The van der Waals surface area contributed by atoms with Gasteiger partial charge in [-0.05, 0) is 39.7 Å². The van der Waals surface area contributed by atoms with Gasteiger partial charge in [0, 0.05) is 6.20 Å². The van der Waals surface area contributed by atoms with Gasteiger partial charge < -0.3 is 5.73 Å². The average molecular weight is 295 g/mol. The van der Waals surface area contributed by atoms with E-state index in [1.54, 1.807) is 10.9 Å². The van der Waals surface area contributed by atoms with Crippen LogP contribution in [0.15, 0.2) is 28.9 Å². The maximum atomic E-state index is 13.1. The van der Waals surface area contributed by atoms with Crippen molar-refractivity contribution in [3.8, 4) is 6.07 Å². The van der Waals surface area contributed by atoms with Gasteiger partial charge in [0.1, 0.15) is 5.82 Å². The van der Waals surface area contributed by atoms with Crippen LogP contribution in [0.3, 0.4) is 0 Å². The predicted molar refractivity (Wildman–Crippen MR) is 64.6 cm³/mol. The standard InChI is InChI=1S/C11H8BrFN4/c12-10-6-17(16-11(10)15)5-8-3-9(13)2-1-7(8)4-14/h1-3,6H,5H2,(H2,15,16). The van der Waals surface area contributed by atoms with Gasteiger partial charge in [0.2, 0.25) is 0 Å². The molecule has 0 fully saturated rings. The van der Waals surface area contributed by atoms with Crippen LogP contribution in [0.25, 0.3) is 0 Å². The fourth-order valence-corrected chi connectivity index (χ4v) is 1.79. The molecule has 0 bridgehead atoms. The Kier molecular flexibility index (Phi) is 3.11. The summed E-state index contributed by atoms with van der Waals surface area (Å²) in [5.41, 5.74) is 6.58. The number of benzene rings is 1. The molecule has 1 heterocycles. The van der Waals surface area contributed by atoms with Gasteiger partial charge in [0.25, 0.3) is 0 Å². The zero-order valence-electron chi connectivity index (χ0n) is 8.69. The van der Waals surface area contributed by atoms with Crippen LogP contribution in [0, 0.1) is 17.1 Å². The summed E-state index contributed by atoms with van der Waals surface area (Å²) in [5, 5.41) is 12.9. The number of rotatable bonds is 2. The number of nitrogens with zero attached hydrogens (tertiary/aromatic N) is 3. The van der Waals surface area contributed by atoms with Crippen LogP contribution in [0.4, 0.5) is 10.2 Å². The molecule has 1 aromatic heterocycles. The highest BCUT2D eigenvalue weighted by atomic mass is 79.9. The van der Waals surface area contributed by atoms with Gasteiger partial charge in [-0.3, -0.25) is 4.68 Å². The van der Waals surface area contributed by atoms with Crippen LogP contribution >= 0.6 is 15.9 Å². The monoisotopic (exact) mass is 294 g/mol. The Morgan fingerprint density at radius 3 is 2.88 bits per heavy atom. The van der Waals surface area contributed by atoms with Crippen LogP contribution in [-0.4, -0.2) is 9.78 Å². The summed E-state index contributed by atoms with van der Waals surface area (Å²) in [5.74, 6) is -0.0156. The largest absolute Gasteiger partial charge is 0.381 e. The van der Waals surface area contributed by atoms with Gasteiger partial charge in [-0.1, -0.05) is 0 Å². The molecular formula is C11H8BrFN4. The van der Waals surface area contributed by atoms with Gasteiger partial charge in [-0.2, -0.15) is 10.4 Å². The van der Waals surface area contributed by atoms with E-state index in [1.807, 2.05) is 6.07 Å². The molecule has 0 aliphatic carbocycles. The smallest absolute Gasteiger partial charge is 0.159 e. The van der Waals surface area contributed by atoms with Crippen LogP contribution in [0.1, 0.15) is 11.1 Å². The zero-order chi connectivity index (χ0) is 12.4. The van der Waals surface area contributed by atoms with E-state index in [2.05, 4.69) is 21.0 Å². The number of nitriles is 1. The maximum Gasteiger partial charge on any atom is 0.159 e. The fraction of sp³-hybridized carbons (Fsp3) is 0.0909. The molecule has 0 aliphatic rings. The first kappa shape index (κ1) is 11.6. The Morgan fingerprint density at radius 2 is 2.29 bits per heavy atom. The second kappa shape index (κ2) is 4.55. The third-order valence-electron chi connectivity index (χ3n) is 2.26. The lowest BCUT2D eigenvalue weighted by atomic mass is 10.1. The number of nitrogen functional groups attached to an aromatic ring is 1. The molecule has 2 aromatic rings. The van der Waals surface area contributed by atoms with E-state index in [0.29, 0.717) is 28.0 Å². The normalized spacial score (nSPS) is 10.2. The molecule has 0 aliphatic heterocycles. The molecule has 0 radical (unpaired) electrons. The van der Waals surface area contributed by atoms with Crippen molar-refractivity contribution in [2.45, 2.75) is 6.54 Å². The van der Waals surface area contributed by atoms with E-state index in [-0.39, 0.29) is 5.82 Å². The first-order valence-electron chi connectivity index (χ1n) is 4.77. The molecular weight excluding hydrogens is 287 g/mol. The quantitative estimate of drug-likeness (QED) is 0.924. The highest BCUT2D eigenvalue weighted by molar-refractivity contribution is 9.10. The summed E-state index contributed by atoms with van der Waals surface area (Å²) in [7, 11) is 0. The minimum Gasteiger partial charge on any atom is -0.381 e. The minimum absolute atomic E-state index is 0.302. The Hall–Kier alpha value is -1.87. The summed E-state index contributed by atoms with van der Waals surface area (Å²) in [6.45, 7) is 0.302. The molecule has 0 atom stereocenters. The lowest BCUT2D eigenvalue weighted by Crippen LogP contribution is -2.03. The van der Waals surface area contributed by atoms with Crippen LogP contribution < -0.4 is 5.73 Å². The molecule has 1 aromatic carbocycles. The molecule has 2 N–H and O–H groups in total. The Morgan fingerprint density at radius 1 is 1.53 bits per heavy atom. The maximum absolute atomic E-state index is 13.1. The zero-order valence-corrected chi connectivity index (χ0v) is 10.3. The summed E-state index contributed by atoms with van der Waals surface area (Å²) in [4.78, 5) is 0. The van der Waals surface area contributed by atoms with Crippen molar-refractivity contribution in [3.05, 3.63) is 45.8 Å². The number of hydrogen-bond donors (Lipinski definition) is 1. The van der Waals surface area contributed by atoms with Crippen molar-refractivity contribution >= 4 is 21.7 Å². The molecule has 2 rings (SSSR count). The van der Waals surface area contributed by atoms with E-state index < -0.39 is 0 Å². The SMILES string of the molecule is N#Cc1ccc(F)cc1Cn1cc(Br)c(N)n1. The summed E-state index contributed by atoms with van der Waals surface area (Å²) in [6.07, 6.45) is 1.68. The van der Waals surface area contributed by atoms with Crippen molar-refractivity contribution in [3.63, 3.8) is 0 Å². The van der Waals surface area contributed by atoms with E-state index in [1.165, 1.54) is 18.2 Å². The number of aromatic nitrogens is 2. The second-order valence-corrected chi connectivity index (χ2v) is 4.33. The number of nitrogens with two attached hydrogens (primary N) is 1. The molecule has 0 saturated carbocycles. The molecule has 0 saturated heterocycles. The van der Waals surface area contributed by atoms with Crippen molar-refractivity contribution in [1.82, 2.24) is 9.78 Å². The average Bonchev–Trinajstić information content (AvgIpc) is 2.58. The van der Waals surface area contributed by atoms with Gasteiger partial charge >= 0.3 is 0 Å². The molecule has 0 spiro atoms. The van der Waals surface area contributed by atoms with Gasteiger partial charge in [-0.15, -0.1) is 0 Å². The van der Waals surface area contributed by atoms with Crippen molar-refractivity contribution in [1.29, 1.82) is 5.26 Å². The topological polar surface area (TPSA) is 67.6 Å². The van der Waals surface area contributed by atoms with Crippen LogP contribution in [-0.2, 0) is 6.54 Å². The van der Waals surface area contributed by atoms with Crippen molar-refractivity contribution < 1.29 is 4.39 Å². The molecule has 17 heavy (non-hydrogen) atoms. The summed E-state index contributed by atoms with van der Waals surface area (Å²) >= 11 is 3.23. The lowest BCUT2D eigenvalue weighted by molar-refractivity contribution is 0.619. The van der Waals surface area contributed by atoms with E-state index in [9.17, 15) is 4.39 Å². The highest BCUT2D eigenvalue weighted by Crippen LogP contribution is 2.18. The number of hydrogen-bond acceptors (Lipinski definition) is 3. The van der Waals surface area contributed by atoms with E-state index >= 15 is 0 Å². The predicted octanol–water partition coefficient (Wildman–Crippen LogP) is 2.29. The van der Waals surface area contributed by atoms with Crippen LogP contribution in [0.5, 0.6) is 0 Å². The minimum atomic E-state index is -0.377. The van der Waals surface area contributed by atoms with Gasteiger partial charge in [0.15, 0.2) is 5.82 Å². The summed E-state index contributed by atoms with van der Waals surface area (Å²) in [6, 6.07) is 6.05. The highest BCUT2D eigenvalue weighted by Gasteiger charge is 2.07. The fourth-order valence-electron chi connectivity index (χ4n) is 1.47. The molecule has 4 nitrogen and oxygen atoms in total. The van der Waals surface area contributed by atoms with Gasteiger partial charge in [0.05, 0.1) is 22.7 Å². The molecule has 0 amide bonds. The third-order valence-corrected chi connectivity index (χ3v) is 2.87. The Labute approximate surface area is 106 Å². The number of halogens is 2.